The lowest BCUT2D eigenvalue weighted by molar-refractivity contribution is -0.143. The van der Waals surface area contributed by atoms with Crippen molar-refractivity contribution in [2.24, 2.45) is 5.92 Å². The zero-order chi connectivity index (χ0) is 11.7. The maximum Gasteiger partial charge on any atom is 0.321 e. The number of carbonyl (C=O) groups is 1. The van der Waals surface area contributed by atoms with Crippen molar-refractivity contribution in [1.29, 1.82) is 0 Å². The molecule has 0 saturated heterocycles. The molecule has 0 spiro atoms. The van der Waals surface area contributed by atoms with Crippen LogP contribution in [-0.4, -0.2) is 29.1 Å². The molecule has 1 unspecified atom stereocenters. The van der Waals surface area contributed by atoms with E-state index < -0.39 is 5.97 Å². The summed E-state index contributed by atoms with van der Waals surface area (Å²) in [5.41, 5.74) is 0. The zero-order valence-corrected chi connectivity index (χ0v) is 10.6. The van der Waals surface area contributed by atoms with Crippen molar-refractivity contribution in [2.75, 3.05) is 7.05 Å². The van der Waals surface area contributed by atoms with Crippen LogP contribution in [0.3, 0.4) is 0 Å². The predicted molar refractivity (Wildman–Crippen MR) is 64.9 cm³/mol. The van der Waals surface area contributed by atoms with Gasteiger partial charge in [-0.1, -0.05) is 11.6 Å². The van der Waals surface area contributed by atoms with E-state index in [2.05, 4.69) is 0 Å². The van der Waals surface area contributed by atoms with Gasteiger partial charge in [0.05, 0.1) is 4.34 Å². The van der Waals surface area contributed by atoms with Crippen LogP contribution in [0.4, 0.5) is 0 Å². The van der Waals surface area contributed by atoms with Crippen molar-refractivity contribution < 1.29 is 9.90 Å². The number of carboxylic acid groups (broad SMARTS) is 1. The van der Waals surface area contributed by atoms with Crippen molar-refractivity contribution in [2.45, 2.75) is 25.4 Å². The van der Waals surface area contributed by atoms with Crippen LogP contribution >= 0.6 is 22.9 Å². The van der Waals surface area contributed by atoms with Gasteiger partial charge in [0.2, 0.25) is 0 Å². The maximum atomic E-state index is 11.2. The topological polar surface area (TPSA) is 40.5 Å². The molecule has 1 fully saturated rings. The van der Waals surface area contributed by atoms with E-state index in [1.54, 1.807) is 0 Å². The fourth-order valence-corrected chi connectivity index (χ4v) is 3.09. The Morgan fingerprint density at radius 1 is 1.69 bits per heavy atom. The van der Waals surface area contributed by atoms with Crippen LogP contribution in [-0.2, 0) is 11.3 Å². The third-order valence-corrected chi connectivity index (χ3v) is 4.05. The Labute approximate surface area is 104 Å². The van der Waals surface area contributed by atoms with Gasteiger partial charge in [0.25, 0.3) is 0 Å². The van der Waals surface area contributed by atoms with E-state index in [9.17, 15) is 9.90 Å². The van der Waals surface area contributed by atoms with E-state index in [-0.39, 0.29) is 6.04 Å². The van der Waals surface area contributed by atoms with E-state index in [0.717, 1.165) is 22.1 Å². The van der Waals surface area contributed by atoms with Gasteiger partial charge in [0, 0.05) is 11.4 Å². The molecule has 1 aromatic rings. The van der Waals surface area contributed by atoms with Gasteiger partial charge >= 0.3 is 5.97 Å². The van der Waals surface area contributed by atoms with E-state index >= 15 is 0 Å². The summed E-state index contributed by atoms with van der Waals surface area (Å²) >= 11 is 7.35. The average molecular weight is 260 g/mol. The summed E-state index contributed by atoms with van der Waals surface area (Å²) < 4.78 is 0.752. The van der Waals surface area contributed by atoms with Crippen molar-refractivity contribution in [1.82, 2.24) is 4.90 Å². The van der Waals surface area contributed by atoms with Crippen LogP contribution in [0, 0.1) is 5.92 Å². The molecular formula is C11H14ClNO2S. The third-order valence-electron chi connectivity index (χ3n) is 2.83. The second-order valence-corrected chi connectivity index (χ2v) is 6.04. The number of carboxylic acids is 1. The van der Waals surface area contributed by atoms with Crippen LogP contribution in [0.5, 0.6) is 0 Å². The highest BCUT2D eigenvalue weighted by atomic mass is 35.5. The molecule has 2 rings (SSSR count). The van der Waals surface area contributed by atoms with Gasteiger partial charge in [-0.2, -0.15) is 0 Å². The first kappa shape index (κ1) is 11.9. The SMILES string of the molecule is CN(Cc1ccc(Cl)s1)C(C(=O)O)C1CC1. The fraction of sp³-hybridized carbons (Fsp3) is 0.545. The second-order valence-electron chi connectivity index (χ2n) is 4.24. The molecule has 1 aliphatic carbocycles. The Morgan fingerprint density at radius 2 is 2.38 bits per heavy atom. The van der Waals surface area contributed by atoms with E-state index in [4.69, 9.17) is 11.6 Å². The minimum Gasteiger partial charge on any atom is -0.480 e. The summed E-state index contributed by atoms with van der Waals surface area (Å²) in [6, 6.07) is 3.46. The molecule has 0 radical (unpaired) electrons. The molecule has 16 heavy (non-hydrogen) atoms. The molecule has 0 bridgehead atoms. The molecule has 1 N–H and O–H groups in total. The van der Waals surface area contributed by atoms with Crippen molar-refractivity contribution in [3.63, 3.8) is 0 Å². The van der Waals surface area contributed by atoms with Crippen LogP contribution in [0.25, 0.3) is 0 Å². The van der Waals surface area contributed by atoms with Gasteiger partial charge in [0.1, 0.15) is 6.04 Å². The van der Waals surface area contributed by atoms with Gasteiger partial charge in [-0.15, -0.1) is 11.3 Å². The number of hydrogen-bond acceptors (Lipinski definition) is 3. The number of halogens is 1. The van der Waals surface area contributed by atoms with Gasteiger partial charge < -0.3 is 5.11 Å². The van der Waals surface area contributed by atoms with Gasteiger partial charge in [-0.3, -0.25) is 9.69 Å². The molecule has 5 heteroatoms. The molecular weight excluding hydrogens is 246 g/mol. The quantitative estimate of drug-likeness (QED) is 0.884. The van der Waals surface area contributed by atoms with E-state index in [1.807, 2.05) is 24.1 Å². The Hall–Kier alpha value is -0.580. The number of rotatable bonds is 5. The largest absolute Gasteiger partial charge is 0.480 e. The summed E-state index contributed by atoms with van der Waals surface area (Å²) in [7, 11) is 1.87. The van der Waals surface area contributed by atoms with E-state index in [0.29, 0.717) is 12.5 Å². The number of hydrogen-bond donors (Lipinski definition) is 1. The fourth-order valence-electron chi connectivity index (χ4n) is 1.94. The Morgan fingerprint density at radius 3 is 2.81 bits per heavy atom. The lowest BCUT2D eigenvalue weighted by Gasteiger charge is -2.23. The average Bonchev–Trinajstić information content (AvgIpc) is 2.91. The molecule has 1 atom stereocenters. The lowest BCUT2D eigenvalue weighted by atomic mass is 10.1. The zero-order valence-electron chi connectivity index (χ0n) is 9.02. The highest BCUT2D eigenvalue weighted by molar-refractivity contribution is 7.16. The summed E-state index contributed by atoms with van der Waals surface area (Å²) in [5, 5.41) is 9.17. The normalized spacial score (nSPS) is 17.7. The standard InChI is InChI=1S/C11H14ClNO2S/c1-13(6-8-4-5-9(12)16-8)10(11(14)15)7-2-3-7/h4-5,7,10H,2-3,6H2,1H3,(H,14,15). The highest BCUT2D eigenvalue weighted by Crippen LogP contribution is 2.36. The van der Waals surface area contributed by atoms with Gasteiger partial charge in [-0.25, -0.2) is 0 Å². The van der Waals surface area contributed by atoms with E-state index in [1.165, 1.54) is 11.3 Å². The number of thiophene rings is 1. The van der Waals surface area contributed by atoms with Gasteiger partial charge in [-0.05, 0) is 37.9 Å². The molecule has 3 nitrogen and oxygen atoms in total. The number of aliphatic carboxylic acids is 1. The number of likely N-dealkylation sites (N-methyl/N-ethyl adjacent to an activating group) is 1. The molecule has 0 aromatic carbocycles. The molecule has 1 heterocycles. The second kappa shape index (κ2) is 4.73. The first-order valence-electron chi connectivity index (χ1n) is 5.25. The monoisotopic (exact) mass is 259 g/mol. The third kappa shape index (κ3) is 2.75. The highest BCUT2D eigenvalue weighted by Gasteiger charge is 2.38. The smallest absolute Gasteiger partial charge is 0.321 e. The van der Waals surface area contributed by atoms with Crippen molar-refractivity contribution in [3.8, 4) is 0 Å². The van der Waals surface area contributed by atoms with Crippen LogP contribution in [0.2, 0.25) is 4.34 Å². The summed E-state index contributed by atoms with van der Waals surface area (Å²) in [5.74, 6) is -0.384. The maximum absolute atomic E-state index is 11.2. The molecule has 0 aliphatic heterocycles. The molecule has 88 valence electrons. The predicted octanol–water partition coefficient (Wildman–Crippen LogP) is 2.70. The Kier molecular flexibility index (Phi) is 3.52. The Balaban J connectivity index is 2.00. The first-order valence-corrected chi connectivity index (χ1v) is 6.44. The van der Waals surface area contributed by atoms with Crippen LogP contribution in [0.15, 0.2) is 12.1 Å². The summed E-state index contributed by atoms with van der Waals surface area (Å²) in [4.78, 5) is 14.2. The van der Waals surface area contributed by atoms with Crippen molar-refractivity contribution in [3.05, 3.63) is 21.3 Å². The van der Waals surface area contributed by atoms with Crippen LogP contribution in [0.1, 0.15) is 17.7 Å². The number of nitrogens with zero attached hydrogens (tertiary/aromatic N) is 1. The molecule has 1 aliphatic rings. The lowest BCUT2D eigenvalue weighted by Crippen LogP contribution is -2.39. The van der Waals surface area contributed by atoms with Crippen LogP contribution < -0.4 is 0 Å². The molecule has 0 amide bonds. The first-order chi connectivity index (χ1) is 7.58. The summed E-state index contributed by atoms with van der Waals surface area (Å²) in [6.45, 7) is 0.658. The van der Waals surface area contributed by atoms with Gasteiger partial charge in [0.15, 0.2) is 0 Å². The van der Waals surface area contributed by atoms with Crippen molar-refractivity contribution >= 4 is 28.9 Å². The minimum atomic E-state index is -0.715. The molecule has 1 saturated carbocycles. The summed E-state index contributed by atoms with van der Waals surface area (Å²) in [6.07, 6.45) is 2.07. The minimum absolute atomic E-state index is 0.331. The Bertz CT molecular complexity index is 389. The molecule has 1 aromatic heterocycles.